The van der Waals surface area contributed by atoms with Gasteiger partial charge >= 0.3 is 12.0 Å². The Balaban J connectivity index is 2.62. The lowest BCUT2D eigenvalue weighted by atomic mass is 10.1. The van der Waals surface area contributed by atoms with Crippen LogP contribution in [0, 0.1) is 0 Å². The van der Waals surface area contributed by atoms with E-state index in [0.29, 0.717) is 38.0 Å². The molecular formula is C22H35N5O5. The minimum absolute atomic E-state index is 0.103. The van der Waals surface area contributed by atoms with Gasteiger partial charge in [0.2, 0.25) is 11.8 Å². The molecule has 1 aromatic rings. The van der Waals surface area contributed by atoms with Crippen molar-refractivity contribution >= 4 is 29.5 Å². The van der Waals surface area contributed by atoms with E-state index in [9.17, 15) is 19.2 Å². The van der Waals surface area contributed by atoms with Crippen molar-refractivity contribution in [2.75, 3.05) is 25.0 Å². The molecule has 1 aromatic carbocycles. The number of ether oxygens (including phenoxy) is 1. The standard InChI is InChI=1S/C22H35N5O5/c1-3-5-8-20(29)32-15-16-9-11-17(12-10-16)26-21(30)18(7-6-13-25-22(23)31)27-19(28)14-24-4-2/h9-12,18,24H,3-8,13-15H2,1-2H3,(H,26,30)(H,27,28)(H3,23,25,31). The zero-order valence-electron chi connectivity index (χ0n) is 18.9. The Morgan fingerprint density at radius 3 is 2.41 bits per heavy atom. The van der Waals surface area contributed by atoms with Crippen LogP contribution in [-0.2, 0) is 25.7 Å². The van der Waals surface area contributed by atoms with Gasteiger partial charge in [-0.05, 0) is 43.5 Å². The van der Waals surface area contributed by atoms with Gasteiger partial charge in [-0.15, -0.1) is 0 Å². The second-order valence-corrected chi connectivity index (χ2v) is 7.28. The first-order valence-corrected chi connectivity index (χ1v) is 10.9. The summed E-state index contributed by atoms with van der Waals surface area (Å²) in [5.74, 6) is -0.894. The smallest absolute Gasteiger partial charge is 0.312 e. The van der Waals surface area contributed by atoms with Gasteiger partial charge < -0.3 is 31.7 Å². The molecule has 1 rings (SSSR count). The van der Waals surface area contributed by atoms with Crippen molar-refractivity contribution in [1.29, 1.82) is 0 Å². The number of hydrogen-bond acceptors (Lipinski definition) is 6. The molecule has 10 nitrogen and oxygen atoms in total. The summed E-state index contributed by atoms with van der Waals surface area (Å²) in [5.41, 5.74) is 6.40. The third kappa shape index (κ3) is 11.9. The van der Waals surface area contributed by atoms with Crippen LogP contribution in [0.4, 0.5) is 10.5 Å². The predicted molar refractivity (Wildman–Crippen MR) is 122 cm³/mol. The molecular weight excluding hydrogens is 414 g/mol. The summed E-state index contributed by atoms with van der Waals surface area (Å²) in [6, 6.07) is 5.53. The Morgan fingerprint density at radius 2 is 1.78 bits per heavy atom. The van der Waals surface area contributed by atoms with E-state index in [4.69, 9.17) is 10.5 Å². The van der Waals surface area contributed by atoms with Gasteiger partial charge in [0.25, 0.3) is 0 Å². The van der Waals surface area contributed by atoms with Gasteiger partial charge in [-0.2, -0.15) is 0 Å². The van der Waals surface area contributed by atoms with Crippen LogP contribution in [0.15, 0.2) is 24.3 Å². The zero-order valence-corrected chi connectivity index (χ0v) is 18.9. The first-order chi connectivity index (χ1) is 15.3. The maximum Gasteiger partial charge on any atom is 0.312 e. The number of carbonyl (C=O) groups excluding carboxylic acids is 4. The SMILES string of the molecule is CCCCC(=O)OCc1ccc(NC(=O)C(CCCNC(N)=O)NC(=O)CNCC)cc1. The van der Waals surface area contributed by atoms with Crippen LogP contribution in [0.25, 0.3) is 0 Å². The number of nitrogens with two attached hydrogens (primary N) is 1. The van der Waals surface area contributed by atoms with Crippen LogP contribution in [0.5, 0.6) is 0 Å². The topological polar surface area (TPSA) is 152 Å². The van der Waals surface area contributed by atoms with Crippen molar-refractivity contribution in [3.8, 4) is 0 Å². The highest BCUT2D eigenvalue weighted by molar-refractivity contribution is 5.97. The number of anilines is 1. The Hall–Kier alpha value is -3.14. The summed E-state index contributed by atoms with van der Waals surface area (Å²) in [7, 11) is 0. The molecule has 0 aliphatic carbocycles. The molecule has 6 N–H and O–H groups in total. The van der Waals surface area contributed by atoms with Crippen LogP contribution in [0.1, 0.15) is 51.5 Å². The molecule has 0 aliphatic heterocycles. The molecule has 0 bridgehead atoms. The Bertz CT molecular complexity index is 739. The molecule has 0 aromatic heterocycles. The van der Waals surface area contributed by atoms with E-state index in [-0.39, 0.29) is 30.9 Å². The second kappa shape index (κ2) is 15.6. The molecule has 0 fully saturated rings. The van der Waals surface area contributed by atoms with Crippen molar-refractivity contribution in [3.63, 3.8) is 0 Å². The van der Waals surface area contributed by atoms with E-state index in [2.05, 4.69) is 21.3 Å². The number of carbonyl (C=O) groups is 4. The first kappa shape index (κ1) is 26.9. The summed E-state index contributed by atoms with van der Waals surface area (Å²) in [4.78, 5) is 47.2. The maximum absolute atomic E-state index is 12.7. The summed E-state index contributed by atoms with van der Waals surface area (Å²) in [6.07, 6.45) is 2.93. The van der Waals surface area contributed by atoms with Gasteiger partial charge in [0.15, 0.2) is 0 Å². The van der Waals surface area contributed by atoms with Crippen molar-refractivity contribution < 1.29 is 23.9 Å². The molecule has 0 aliphatic rings. The van der Waals surface area contributed by atoms with Gasteiger partial charge in [-0.3, -0.25) is 14.4 Å². The van der Waals surface area contributed by atoms with E-state index in [1.54, 1.807) is 24.3 Å². The molecule has 32 heavy (non-hydrogen) atoms. The fourth-order valence-corrected chi connectivity index (χ4v) is 2.74. The van der Waals surface area contributed by atoms with Crippen LogP contribution in [-0.4, -0.2) is 49.5 Å². The monoisotopic (exact) mass is 449 g/mol. The fraction of sp³-hybridized carbons (Fsp3) is 0.545. The molecule has 0 saturated carbocycles. The third-order valence-electron chi connectivity index (χ3n) is 4.51. The first-order valence-electron chi connectivity index (χ1n) is 10.9. The summed E-state index contributed by atoms with van der Waals surface area (Å²) >= 11 is 0. The van der Waals surface area contributed by atoms with Crippen LogP contribution >= 0.6 is 0 Å². The molecule has 0 saturated heterocycles. The summed E-state index contributed by atoms with van der Waals surface area (Å²) in [5, 5.41) is 10.9. The molecule has 1 unspecified atom stereocenters. The number of rotatable bonds is 15. The molecule has 10 heteroatoms. The van der Waals surface area contributed by atoms with Gasteiger partial charge in [-0.1, -0.05) is 32.4 Å². The van der Waals surface area contributed by atoms with Gasteiger partial charge in [0.1, 0.15) is 12.6 Å². The van der Waals surface area contributed by atoms with Crippen molar-refractivity contribution in [2.24, 2.45) is 5.73 Å². The highest BCUT2D eigenvalue weighted by Crippen LogP contribution is 2.12. The van der Waals surface area contributed by atoms with Crippen LogP contribution in [0.2, 0.25) is 0 Å². The number of primary amides is 1. The molecule has 0 radical (unpaired) electrons. The average molecular weight is 450 g/mol. The van der Waals surface area contributed by atoms with Crippen LogP contribution in [0.3, 0.4) is 0 Å². The number of likely N-dealkylation sites (N-methyl/N-ethyl adjacent to an activating group) is 1. The number of unbranched alkanes of at least 4 members (excludes halogenated alkanes) is 1. The van der Waals surface area contributed by atoms with Crippen molar-refractivity contribution in [2.45, 2.75) is 58.6 Å². The zero-order chi connectivity index (χ0) is 23.8. The highest BCUT2D eigenvalue weighted by Gasteiger charge is 2.20. The summed E-state index contributed by atoms with van der Waals surface area (Å²) < 4.78 is 5.22. The van der Waals surface area contributed by atoms with Crippen molar-refractivity contribution in [3.05, 3.63) is 29.8 Å². The normalized spacial score (nSPS) is 11.3. The summed E-state index contributed by atoms with van der Waals surface area (Å²) in [6.45, 7) is 5.10. The average Bonchev–Trinajstić information content (AvgIpc) is 2.77. The molecule has 178 valence electrons. The van der Waals surface area contributed by atoms with Crippen molar-refractivity contribution in [1.82, 2.24) is 16.0 Å². The lowest BCUT2D eigenvalue weighted by molar-refractivity contribution is -0.145. The second-order valence-electron chi connectivity index (χ2n) is 7.28. The Labute approximate surface area is 189 Å². The van der Waals surface area contributed by atoms with E-state index < -0.39 is 12.1 Å². The Kier molecular flexibility index (Phi) is 13.1. The number of amides is 4. The lowest BCUT2D eigenvalue weighted by Gasteiger charge is -2.19. The maximum atomic E-state index is 12.7. The van der Waals surface area contributed by atoms with E-state index >= 15 is 0 Å². The number of urea groups is 1. The molecule has 0 heterocycles. The minimum Gasteiger partial charge on any atom is -0.461 e. The van der Waals surface area contributed by atoms with E-state index in [1.165, 1.54) is 0 Å². The largest absolute Gasteiger partial charge is 0.461 e. The number of hydrogen-bond donors (Lipinski definition) is 5. The predicted octanol–water partition coefficient (Wildman–Crippen LogP) is 1.40. The number of nitrogens with one attached hydrogen (secondary N) is 4. The van der Waals surface area contributed by atoms with Gasteiger partial charge in [-0.25, -0.2) is 4.79 Å². The lowest BCUT2D eigenvalue weighted by Crippen LogP contribution is -2.47. The molecule has 0 spiro atoms. The molecule has 4 amide bonds. The highest BCUT2D eigenvalue weighted by atomic mass is 16.5. The van der Waals surface area contributed by atoms with E-state index in [0.717, 1.165) is 18.4 Å². The number of benzene rings is 1. The quantitative estimate of drug-likeness (QED) is 0.202. The molecule has 1 atom stereocenters. The third-order valence-corrected chi connectivity index (χ3v) is 4.51. The van der Waals surface area contributed by atoms with Crippen LogP contribution < -0.4 is 27.0 Å². The minimum atomic E-state index is -0.768. The van der Waals surface area contributed by atoms with Gasteiger partial charge in [0, 0.05) is 18.7 Å². The fourth-order valence-electron chi connectivity index (χ4n) is 2.74. The Morgan fingerprint density at radius 1 is 1.06 bits per heavy atom. The number of esters is 1. The van der Waals surface area contributed by atoms with E-state index in [1.807, 2.05) is 13.8 Å². The van der Waals surface area contributed by atoms with Gasteiger partial charge in [0.05, 0.1) is 6.54 Å².